The Labute approximate surface area is 206 Å². The maximum absolute atomic E-state index is 13.1. The molecule has 34 heavy (non-hydrogen) atoms. The summed E-state index contributed by atoms with van der Waals surface area (Å²) in [5.41, 5.74) is 2.16. The average molecular weight is 499 g/mol. The Hall–Kier alpha value is -2.95. The van der Waals surface area contributed by atoms with Crippen molar-refractivity contribution in [2.75, 3.05) is 50.9 Å². The standard InChI is InChI=1S/C24H26N4O4S2/c1-3-32-21(29)15-33-24-26-19-9-8-16(14-20(19)34-24)25-22(30)17-6-4-5-7-18(17)23(31)28-12-10-27(2)11-13-28/h4-9,14H,3,10-13,15H2,1-2H3,(H,25,30). The van der Waals surface area contributed by atoms with Crippen molar-refractivity contribution < 1.29 is 19.1 Å². The molecule has 2 aromatic carbocycles. The van der Waals surface area contributed by atoms with Crippen LogP contribution in [0.15, 0.2) is 46.8 Å². The fourth-order valence-electron chi connectivity index (χ4n) is 3.61. The zero-order chi connectivity index (χ0) is 24.1. The predicted molar refractivity (Wildman–Crippen MR) is 135 cm³/mol. The van der Waals surface area contributed by atoms with Gasteiger partial charge in [0, 0.05) is 31.9 Å². The van der Waals surface area contributed by atoms with Crippen LogP contribution in [-0.4, -0.2) is 78.2 Å². The summed E-state index contributed by atoms with van der Waals surface area (Å²) in [6.45, 7) is 5.04. The number of likely N-dealkylation sites (N-methyl/N-ethyl adjacent to an activating group) is 1. The van der Waals surface area contributed by atoms with Crippen LogP contribution < -0.4 is 5.32 Å². The number of carbonyl (C=O) groups is 3. The van der Waals surface area contributed by atoms with Gasteiger partial charge >= 0.3 is 5.97 Å². The zero-order valence-corrected chi connectivity index (χ0v) is 20.7. The van der Waals surface area contributed by atoms with Crippen LogP contribution in [0.25, 0.3) is 10.2 Å². The molecule has 8 nitrogen and oxygen atoms in total. The number of rotatable bonds is 7. The molecular formula is C24H26N4O4S2. The predicted octanol–water partition coefficient (Wildman–Crippen LogP) is 3.59. The van der Waals surface area contributed by atoms with Crippen molar-refractivity contribution in [1.29, 1.82) is 0 Å². The highest BCUT2D eigenvalue weighted by molar-refractivity contribution is 8.01. The molecule has 1 aromatic heterocycles. The highest BCUT2D eigenvalue weighted by Gasteiger charge is 2.24. The molecule has 10 heteroatoms. The Morgan fingerprint density at radius 1 is 1.09 bits per heavy atom. The normalized spacial score (nSPS) is 14.2. The van der Waals surface area contributed by atoms with E-state index in [9.17, 15) is 14.4 Å². The quantitative estimate of drug-likeness (QED) is 0.393. The molecule has 0 atom stereocenters. The molecule has 1 saturated heterocycles. The van der Waals surface area contributed by atoms with Gasteiger partial charge in [0.25, 0.3) is 11.8 Å². The number of aromatic nitrogens is 1. The summed E-state index contributed by atoms with van der Waals surface area (Å²) >= 11 is 2.78. The van der Waals surface area contributed by atoms with Gasteiger partial charge in [0.1, 0.15) is 0 Å². The van der Waals surface area contributed by atoms with E-state index in [1.54, 1.807) is 42.2 Å². The second-order valence-electron chi connectivity index (χ2n) is 7.85. The third-order valence-corrected chi connectivity index (χ3v) is 7.57. The first-order valence-electron chi connectivity index (χ1n) is 11.0. The van der Waals surface area contributed by atoms with Gasteiger partial charge in [0.15, 0.2) is 4.34 Å². The molecule has 0 bridgehead atoms. The smallest absolute Gasteiger partial charge is 0.316 e. The van der Waals surface area contributed by atoms with E-state index in [0.29, 0.717) is 36.5 Å². The number of piperazine rings is 1. The number of esters is 1. The van der Waals surface area contributed by atoms with Crippen molar-refractivity contribution in [2.24, 2.45) is 0 Å². The van der Waals surface area contributed by atoms with E-state index in [1.165, 1.54) is 23.1 Å². The van der Waals surface area contributed by atoms with Crippen LogP contribution in [0, 0.1) is 0 Å². The molecule has 0 radical (unpaired) electrons. The van der Waals surface area contributed by atoms with Gasteiger partial charge in [-0.25, -0.2) is 4.98 Å². The van der Waals surface area contributed by atoms with Crippen molar-refractivity contribution in [1.82, 2.24) is 14.8 Å². The number of nitrogens with one attached hydrogen (secondary N) is 1. The number of thiazole rings is 1. The molecular weight excluding hydrogens is 472 g/mol. The first kappa shape index (κ1) is 24.2. The van der Waals surface area contributed by atoms with Gasteiger partial charge in [-0.1, -0.05) is 23.9 Å². The fourth-order valence-corrected chi connectivity index (χ4v) is 5.52. The highest BCUT2D eigenvalue weighted by atomic mass is 32.2. The minimum Gasteiger partial charge on any atom is -0.465 e. The molecule has 178 valence electrons. The molecule has 2 amide bonds. The summed E-state index contributed by atoms with van der Waals surface area (Å²) in [5, 5.41) is 2.91. The maximum atomic E-state index is 13.1. The second kappa shape index (κ2) is 11.0. The van der Waals surface area contributed by atoms with Crippen molar-refractivity contribution >= 4 is 56.8 Å². The number of hydrogen-bond acceptors (Lipinski definition) is 8. The van der Waals surface area contributed by atoms with E-state index in [2.05, 4.69) is 15.2 Å². The maximum Gasteiger partial charge on any atom is 0.316 e. The molecule has 0 unspecified atom stereocenters. The van der Waals surface area contributed by atoms with Crippen LogP contribution >= 0.6 is 23.1 Å². The van der Waals surface area contributed by atoms with Gasteiger partial charge in [0.05, 0.1) is 33.7 Å². The Bertz CT molecular complexity index is 1200. The third-order valence-electron chi connectivity index (χ3n) is 5.44. The molecule has 0 spiro atoms. The monoisotopic (exact) mass is 498 g/mol. The van der Waals surface area contributed by atoms with E-state index in [4.69, 9.17) is 4.74 Å². The van der Waals surface area contributed by atoms with Crippen LogP contribution in [0.5, 0.6) is 0 Å². The molecule has 0 saturated carbocycles. The molecule has 4 rings (SSSR count). The summed E-state index contributed by atoms with van der Waals surface area (Å²) in [6, 6.07) is 12.4. The van der Waals surface area contributed by atoms with Gasteiger partial charge in [-0.15, -0.1) is 11.3 Å². The van der Waals surface area contributed by atoms with Crippen molar-refractivity contribution in [3.8, 4) is 0 Å². The third kappa shape index (κ3) is 5.75. The van der Waals surface area contributed by atoms with Crippen LogP contribution in [0.3, 0.4) is 0 Å². The Balaban J connectivity index is 1.47. The number of fused-ring (bicyclic) bond motifs is 1. The first-order valence-corrected chi connectivity index (χ1v) is 12.8. The van der Waals surface area contributed by atoms with Crippen molar-refractivity contribution in [3.05, 3.63) is 53.6 Å². The molecule has 1 N–H and O–H groups in total. The SMILES string of the molecule is CCOC(=O)CSc1nc2ccc(NC(=O)c3ccccc3C(=O)N3CCN(C)CC3)cc2s1. The van der Waals surface area contributed by atoms with Crippen LogP contribution in [0.1, 0.15) is 27.6 Å². The number of hydrogen-bond donors (Lipinski definition) is 1. The van der Waals surface area contributed by atoms with Crippen molar-refractivity contribution in [3.63, 3.8) is 0 Å². The number of nitrogens with zero attached hydrogens (tertiary/aromatic N) is 3. The van der Waals surface area contributed by atoms with Gasteiger partial charge in [0.2, 0.25) is 0 Å². The van der Waals surface area contributed by atoms with Gasteiger partial charge in [-0.2, -0.15) is 0 Å². The van der Waals surface area contributed by atoms with Crippen LogP contribution in [0.2, 0.25) is 0 Å². The first-order chi connectivity index (χ1) is 16.4. The summed E-state index contributed by atoms with van der Waals surface area (Å²) in [5.74, 6) is -0.529. The van der Waals surface area contributed by atoms with Gasteiger partial charge < -0.3 is 19.9 Å². The lowest BCUT2D eigenvalue weighted by Gasteiger charge is -2.32. The number of benzene rings is 2. The number of carbonyl (C=O) groups excluding carboxylic acids is 3. The lowest BCUT2D eigenvalue weighted by molar-refractivity contribution is -0.139. The number of ether oxygens (including phenoxy) is 1. The highest BCUT2D eigenvalue weighted by Crippen LogP contribution is 2.31. The second-order valence-corrected chi connectivity index (χ2v) is 10.1. The minimum atomic E-state index is -0.334. The number of amides is 2. The molecule has 1 fully saturated rings. The summed E-state index contributed by atoms with van der Waals surface area (Å²) < 4.78 is 6.61. The zero-order valence-electron chi connectivity index (χ0n) is 19.1. The Morgan fingerprint density at radius 3 is 2.56 bits per heavy atom. The van der Waals surface area contributed by atoms with E-state index in [1.807, 2.05) is 19.2 Å². The summed E-state index contributed by atoms with van der Waals surface area (Å²) in [7, 11) is 2.03. The topological polar surface area (TPSA) is 91.8 Å². The number of anilines is 1. The van der Waals surface area contributed by atoms with Crippen molar-refractivity contribution in [2.45, 2.75) is 11.3 Å². The molecule has 1 aliphatic heterocycles. The number of thioether (sulfide) groups is 1. The van der Waals surface area contributed by atoms with E-state index >= 15 is 0 Å². The van der Waals surface area contributed by atoms with E-state index < -0.39 is 0 Å². The molecule has 1 aliphatic rings. The fraction of sp³-hybridized carbons (Fsp3) is 0.333. The van der Waals surface area contributed by atoms with Gasteiger partial charge in [-0.05, 0) is 44.3 Å². The lowest BCUT2D eigenvalue weighted by Crippen LogP contribution is -2.47. The van der Waals surface area contributed by atoms with Crippen LogP contribution in [-0.2, 0) is 9.53 Å². The Morgan fingerprint density at radius 2 is 1.82 bits per heavy atom. The van der Waals surface area contributed by atoms with Gasteiger partial charge in [-0.3, -0.25) is 14.4 Å². The average Bonchev–Trinajstić information content (AvgIpc) is 3.25. The molecule has 2 heterocycles. The lowest BCUT2D eigenvalue weighted by atomic mass is 10.0. The summed E-state index contributed by atoms with van der Waals surface area (Å²) in [6.07, 6.45) is 0. The van der Waals surface area contributed by atoms with E-state index in [-0.39, 0.29) is 23.5 Å². The van der Waals surface area contributed by atoms with Crippen LogP contribution in [0.4, 0.5) is 5.69 Å². The largest absolute Gasteiger partial charge is 0.465 e. The molecule has 0 aliphatic carbocycles. The molecule has 3 aromatic rings. The van der Waals surface area contributed by atoms with E-state index in [0.717, 1.165) is 27.6 Å². The summed E-state index contributed by atoms with van der Waals surface area (Å²) in [4.78, 5) is 46.3. The Kier molecular flexibility index (Phi) is 7.81. The minimum absolute atomic E-state index is 0.125.